The van der Waals surface area contributed by atoms with E-state index in [0.29, 0.717) is 0 Å². The minimum Gasteiger partial charge on any atom is -0.0687 e. The Kier molecular flexibility index (Phi) is 7.40. The van der Waals surface area contributed by atoms with Gasteiger partial charge in [0, 0.05) is 5.41 Å². The first-order chi connectivity index (χ1) is 11.0. The van der Waals surface area contributed by atoms with Gasteiger partial charge in [-0.1, -0.05) is 172 Å². The SMILES string of the molecule is CC(c1ccccc1)(c1ccccc1)C(Br)(Br)C(Br)(Br)C(Br)(Br)Br. The topological polar surface area (TPSA) is 0 Å². The van der Waals surface area contributed by atoms with E-state index in [2.05, 4.69) is 167 Å². The van der Waals surface area contributed by atoms with Crippen LogP contribution in [0, 0.1) is 0 Å². The molecule has 0 saturated carbocycles. The summed E-state index contributed by atoms with van der Waals surface area (Å²) in [6, 6.07) is 20.8. The lowest BCUT2D eigenvalue weighted by molar-refractivity contribution is 0.505. The van der Waals surface area contributed by atoms with Gasteiger partial charge in [0.25, 0.3) is 0 Å². The fourth-order valence-electron chi connectivity index (χ4n) is 2.56. The molecule has 0 saturated heterocycles. The smallest absolute Gasteiger partial charge is 0.0687 e. The van der Waals surface area contributed by atoms with Crippen molar-refractivity contribution < 1.29 is 0 Å². The van der Waals surface area contributed by atoms with Gasteiger partial charge in [0.2, 0.25) is 0 Å². The summed E-state index contributed by atoms with van der Waals surface area (Å²) in [6.45, 7) is 2.21. The van der Waals surface area contributed by atoms with Gasteiger partial charge in [-0.3, -0.25) is 0 Å². The van der Waals surface area contributed by atoms with Crippen LogP contribution in [-0.2, 0) is 5.41 Å². The second-order valence-electron chi connectivity index (χ2n) is 5.50. The Morgan fingerprint density at radius 1 is 0.542 bits per heavy atom. The molecule has 2 aromatic carbocycles. The second kappa shape index (κ2) is 8.04. The average Bonchev–Trinajstić information content (AvgIpc) is 2.54. The fraction of sp³-hybridized carbons (Fsp3) is 0.294. The van der Waals surface area contributed by atoms with Crippen molar-refractivity contribution in [1.29, 1.82) is 0 Å². The van der Waals surface area contributed by atoms with Crippen LogP contribution in [0.15, 0.2) is 60.7 Å². The van der Waals surface area contributed by atoms with Crippen LogP contribution in [0.2, 0.25) is 0 Å². The highest BCUT2D eigenvalue weighted by Gasteiger charge is 2.64. The van der Waals surface area contributed by atoms with Crippen molar-refractivity contribution in [2.75, 3.05) is 0 Å². The van der Waals surface area contributed by atoms with Crippen molar-refractivity contribution in [3.8, 4) is 0 Å². The molecule has 0 aliphatic carbocycles. The van der Waals surface area contributed by atoms with Crippen LogP contribution in [0.1, 0.15) is 18.1 Å². The molecule has 24 heavy (non-hydrogen) atoms. The first-order valence-corrected chi connectivity index (χ1v) is 12.4. The number of hydrogen-bond donors (Lipinski definition) is 0. The van der Waals surface area contributed by atoms with Crippen LogP contribution in [0.3, 0.4) is 0 Å². The van der Waals surface area contributed by atoms with Gasteiger partial charge in [0.05, 0.1) is 0 Å². The summed E-state index contributed by atoms with van der Waals surface area (Å²) in [4.78, 5) is 0. The van der Waals surface area contributed by atoms with Gasteiger partial charge in [-0.25, -0.2) is 0 Å². The van der Waals surface area contributed by atoms with E-state index in [1.165, 1.54) is 11.1 Å². The molecular weight excluding hydrogens is 764 g/mol. The van der Waals surface area contributed by atoms with Gasteiger partial charge in [-0.2, -0.15) is 0 Å². The Labute approximate surface area is 201 Å². The molecule has 2 aromatic rings. The normalized spacial score (nSPS) is 13.8. The minimum atomic E-state index is -0.666. The van der Waals surface area contributed by atoms with E-state index in [9.17, 15) is 0 Å². The Morgan fingerprint density at radius 2 is 0.875 bits per heavy atom. The van der Waals surface area contributed by atoms with E-state index in [1.807, 2.05) is 12.1 Å². The van der Waals surface area contributed by atoms with E-state index in [0.717, 1.165) is 0 Å². The van der Waals surface area contributed by atoms with Crippen molar-refractivity contribution >= 4 is 112 Å². The van der Waals surface area contributed by atoms with Crippen LogP contribution in [0.25, 0.3) is 0 Å². The Balaban J connectivity index is 2.77. The highest BCUT2D eigenvalue weighted by Crippen LogP contribution is 2.68. The Morgan fingerprint density at radius 3 is 1.17 bits per heavy atom. The lowest BCUT2D eigenvalue weighted by Gasteiger charge is -2.51. The fourth-order valence-corrected chi connectivity index (χ4v) is 7.36. The summed E-state index contributed by atoms with van der Waals surface area (Å²) < 4.78 is -1.93. The molecule has 0 N–H and O–H groups in total. The van der Waals surface area contributed by atoms with Crippen molar-refractivity contribution in [3.63, 3.8) is 0 Å². The predicted molar refractivity (Wildman–Crippen MR) is 130 cm³/mol. The summed E-state index contributed by atoms with van der Waals surface area (Å²) in [5.41, 5.74) is 1.92. The molecule has 0 nitrogen and oxygen atoms in total. The van der Waals surface area contributed by atoms with Crippen LogP contribution in [-0.4, -0.2) is 8.61 Å². The molecule has 130 valence electrons. The van der Waals surface area contributed by atoms with Gasteiger partial charge in [-0.05, 0) is 18.1 Å². The first-order valence-electron chi connectivity index (χ1n) is 6.89. The average molecular weight is 777 g/mol. The van der Waals surface area contributed by atoms with E-state index < -0.39 is 14.0 Å². The molecule has 0 unspecified atom stereocenters. The third-order valence-electron chi connectivity index (χ3n) is 4.08. The highest BCUT2D eigenvalue weighted by atomic mass is 80.0. The molecule has 0 aliphatic heterocycles. The summed E-state index contributed by atoms with van der Waals surface area (Å²) in [5, 5.41) is 0. The van der Waals surface area contributed by atoms with Gasteiger partial charge in [0.1, 0.15) is 6.47 Å². The number of halogens is 7. The van der Waals surface area contributed by atoms with Crippen LogP contribution in [0.4, 0.5) is 0 Å². The molecule has 0 spiro atoms. The number of benzene rings is 2. The molecule has 2 rings (SSSR count). The van der Waals surface area contributed by atoms with E-state index in [4.69, 9.17) is 0 Å². The largest absolute Gasteiger partial charge is 0.162 e. The lowest BCUT2D eigenvalue weighted by atomic mass is 9.73. The van der Waals surface area contributed by atoms with E-state index in [-0.39, 0.29) is 0 Å². The summed E-state index contributed by atoms with van der Waals surface area (Å²) in [5.74, 6) is 0. The number of rotatable bonds is 4. The lowest BCUT2D eigenvalue weighted by Crippen LogP contribution is -2.56. The van der Waals surface area contributed by atoms with Crippen molar-refractivity contribution in [3.05, 3.63) is 71.8 Å². The highest BCUT2D eigenvalue weighted by molar-refractivity contribution is 9.42. The number of alkyl halides is 7. The van der Waals surface area contributed by atoms with Crippen LogP contribution in [0.5, 0.6) is 0 Å². The zero-order valence-corrected chi connectivity index (χ0v) is 23.5. The van der Waals surface area contributed by atoms with Gasteiger partial charge < -0.3 is 0 Å². The van der Waals surface area contributed by atoms with Gasteiger partial charge in [0.15, 0.2) is 2.14 Å². The first kappa shape index (κ1) is 22.1. The predicted octanol–water partition coefficient (Wildman–Crippen LogP) is 8.80. The third kappa shape index (κ3) is 3.83. The zero-order valence-electron chi connectivity index (χ0n) is 12.4. The Bertz CT molecular complexity index is 636. The summed E-state index contributed by atoms with van der Waals surface area (Å²) >= 11 is 26.6. The van der Waals surface area contributed by atoms with Crippen molar-refractivity contribution in [2.45, 2.75) is 20.9 Å². The van der Waals surface area contributed by atoms with Gasteiger partial charge >= 0.3 is 0 Å². The summed E-state index contributed by atoms with van der Waals surface area (Å²) in [6.07, 6.45) is 0. The summed E-state index contributed by atoms with van der Waals surface area (Å²) in [7, 11) is 0. The van der Waals surface area contributed by atoms with E-state index in [1.54, 1.807) is 0 Å². The maximum Gasteiger partial charge on any atom is 0.162 e. The van der Waals surface area contributed by atoms with Crippen molar-refractivity contribution in [1.82, 2.24) is 0 Å². The standard InChI is InChI=1S/C17H13Br7/c1-14(12-8-4-2-5-9-12,13-10-6-3-7-11-13)15(18,19)16(20,21)17(22,23)24/h2-11H,1H3. The van der Waals surface area contributed by atoms with Crippen LogP contribution < -0.4 is 0 Å². The minimum absolute atomic E-state index is 0.428. The van der Waals surface area contributed by atoms with E-state index >= 15 is 0 Å². The number of hydrogen-bond acceptors (Lipinski definition) is 0. The maximum atomic E-state index is 3.97. The Hall–Kier alpha value is 1.80. The van der Waals surface area contributed by atoms with Crippen LogP contribution >= 0.6 is 112 Å². The maximum absolute atomic E-state index is 3.97. The van der Waals surface area contributed by atoms with Gasteiger partial charge in [-0.15, -0.1) is 0 Å². The second-order valence-corrected chi connectivity index (χ2v) is 19.2. The van der Waals surface area contributed by atoms with Crippen molar-refractivity contribution in [2.24, 2.45) is 0 Å². The molecule has 0 aromatic heterocycles. The molecule has 0 fully saturated rings. The monoisotopic (exact) mass is 770 g/mol. The molecule has 0 amide bonds. The molecule has 0 atom stereocenters. The molecule has 0 bridgehead atoms. The third-order valence-corrected chi connectivity index (χ3v) is 16.3. The molecular formula is C17H13Br7. The molecule has 7 heteroatoms. The molecule has 0 radical (unpaired) electrons. The molecule has 0 aliphatic rings. The zero-order chi connectivity index (χ0) is 18.2. The quantitative estimate of drug-likeness (QED) is 0.273. The molecule has 0 heterocycles.